The van der Waals surface area contributed by atoms with E-state index >= 15 is 0 Å². The van der Waals surface area contributed by atoms with E-state index < -0.39 is 0 Å². The Hall–Kier alpha value is -1.51. The Morgan fingerprint density at radius 2 is 1.76 bits per heavy atom. The van der Waals surface area contributed by atoms with Gasteiger partial charge in [-0.3, -0.25) is 4.57 Å². The van der Waals surface area contributed by atoms with Gasteiger partial charge in [0, 0.05) is 12.3 Å². The summed E-state index contributed by atoms with van der Waals surface area (Å²) in [6.07, 6.45) is 0.708. The zero-order valence-electron chi connectivity index (χ0n) is 12.0. The second kappa shape index (κ2) is 5.70. The van der Waals surface area contributed by atoms with Gasteiger partial charge in [0.15, 0.2) is 0 Å². The Bertz CT molecular complexity index is 806. The predicted octanol–water partition coefficient (Wildman–Crippen LogP) is 5.08. The smallest absolute Gasteiger partial charge is 0.115 e. The number of nitrogens with zero attached hydrogens (tertiary/aromatic N) is 2. The first-order chi connectivity index (χ1) is 10.1. The third-order valence-corrected chi connectivity index (χ3v) is 4.05. The molecule has 1 heterocycles. The molecule has 0 amide bonds. The second-order valence-electron chi connectivity index (χ2n) is 5.25. The lowest BCUT2D eigenvalue weighted by Gasteiger charge is -2.11. The fraction of sp³-hybridized carbons (Fsp3) is 0.235. The molecule has 0 bridgehead atoms. The number of halogens is 2. The van der Waals surface area contributed by atoms with Crippen LogP contribution in [0.15, 0.2) is 36.4 Å². The summed E-state index contributed by atoms with van der Waals surface area (Å²) in [6, 6.07) is 12.3. The van der Waals surface area contributed by atoms with Crippen LogP contribution in [0.5, 0.6) is 0 Å². The van der Waals surface area contributed by atoms with E-state index in [2.05, 4.69) is 42.7 Å². The molecule has 0 aliphatic rings. The standard InChI is InChI=1S/C17H16Cl2N2/c1-11-4-6-15-14(9-11)20-17(7-8-18)21(15)16-10-12(2)3-5-13(16)19/h3-6,9-10H,7-8H2,1-2H3. The lowest BCUT2D eigenvalue weighted by molar-refractivity contribution is 0.911. The molecule has 0 atom stereocenters. The Kier molecular flexibility index (Phi) is 3.92. The number of hydrogen-bond acceptors (Lipinski definition) is 1. The van der Waals surface area contributed by atoms with E-state index in [1.165, 1.54) is 11.1 Å². The fourth-order valence-electron chi connectivity index (χ4n) is 2.56. The largest absolute Gasteiger partial charge is 0.295 e. The maximum atomic E-state index is 6.41. The third kappa shape index (κ3) is 2.66. The molecule has 21 heavy (non-hydrogen) atoms. The first kappa shape index (κ1) is 14.4. The Morgan fingerprint density at radius 1 is 1.05 bits per heavy atom. The highest BCUT2D eigenvalue weighted by molar-refractivity contribution is 6.32. The van der Waals surface area contributed by atoms with Crippen molar-refractivity contribution in [2.75, 3.05) is 5.88 Å². The minimum atomic E-state index is 0.533. The van der Waals surface area contributed by atoms with E-state index in [0.29, 0.717) is 12.3 Å². The van der Waals surface area contributed by atoms with Crippen LogP contribution >= 0.6 is 23.2 Å². The normalized spacial score (nSPS) is 11.2. The van der Waals surface area contributed by atoms with Gasteiger partial charge in [-0.05, 0) is 49.2 Å². The summed E-state index contributed by atoms with van der Waals surface area (Å²) < 4.78 is 2.12. The molecule has 2 aromatic carbocycles. The monoisotopic (exact) mass is 318 g/mol. The van der Waals surface area contributed by atoms with E-state index in [4.69, 9.17) is 28.2 Å². The van der Waals surface area contributed by atoms with Gasteiger partial charge in [0.05, 0.1) is 21.7 Å². The van der Waals surface area contributed by atoms with E-state index in [-0.39, 0.29) is 0 Å². The van der Waals surface area contributed by atoms with Gasteiger partial charge < -0.3 is 0 Å². The fourth-order valence-corrected chi connectivity index (χ4v) is 2.93. The molecular formula is C17H16Cl2N2. The highest BCUT2D eigenvalue weighted by Crippen LogP contribution is 2.28. The Morgan fingerprint density at radius 3 is 2.52 bits per heavy atom. The first-order valence-electron chi connectivity index (χ1n) is 6.90. The van der Waals surface area contributed by atoms with Crippen LogP contribution in [0.25, 0.3) is 16.7 Å². The van der Waals surface area contributed by atoms with Gasteiger partial charge in [0.25, 0.3) is 0 Å². The van der Waals surface area contributed by atoms with Crippen LogP contribution in [0.3, 0.4) is 0 Å². The predicted molar refractivity (Wildman–Crippen MR) is 90.0 cm³/mol. The third-order valence-electron chi connectivity index (χ3n) is 3.54. The van der Waals surface area contributed by atoms with Crippen LogP contribution in [0.4, 0.5) is 0 Å². The lowest BCUT2D eigenvalue weighted by Crippen LogP contribution is -2.03. The molecule has 2 nitrogen and oxygen atoms in total. The van der Waals surface area contributed by atoms with Gasteiger partial charge >= 0.3 is 0 Å². The minimum absolute atomic E-state index is 0.533. The summed E-state index contributed by atoms with van der Waals surface area (Å²) in [4.78, 5) is 4.73. The van der Waals surface area contributed by atoms with Crippen molar-refractivity contribution in [2.45, 2.75) is 20.3 Å². The van der Waals surface area contributed by atoms with Crippen molar-refractivity contribution < 1.29 is 0 Å². The summed E-state index contributed by atoms with van der Waals surface area (Å²) in [7, 11) is 0. The number of hydrogen-bond donors (Lipinski definition) is 0. The van der Waals surface area contributed by atoms with Crippen molar-refractivity contribution in [1.29, 1.82) is 0 Å². The number of benzene rings is 2. The van der Waals surface area contributed by atoms with Crippen molar-refractivity contribution in [3.05, 3.63) is 58.4 Å². The Labute approximate surface area is 134 Å². The average molecular weight is 319 g/mol. The maximum absolute atomic E-state index is 6.41. The van der Waals surface area contributed by atoms with Gasteiger partial charge in [-0.25, -0.2) is 4.98 Å². The van der Waals surface area contributed by atoms with E-state index in [0.717, 1.165) is 27.6 Å². The van der Waals surface area contributed by atoms with Crippen molar-refractivity contribution >= 4 is 34.2 Å². The minimum Gasteiger partial charge on any atom is -0.295 e. The zero-order chi connectivity index (χ0) is 15.0. The summed E-state index contributed by atoms with van der Waals surface area (Å²) in [5, 5.41) is 0.719. The van der Waals surface area contributed by atoms with E-state index in [9.17, 15) is 0 Å². The van der Waals surface area contributed by atoms with Crippen molar-refractivity contribution in [2.24, 2.45) is 0 Å². The summed E-state index contributed by atoms with van der Waals surface area (Å²) in [5.41, 5.74) is 5.36. The molecule has 0 aliphatic carbocycles. The molecule has 0 radical (unpaired) electrons. The molecule has 1 aromatic heterocycles. The molecule has 108 valence electrons. The topological polar surface area (TPSA) is 17.8 Å². The van der Waals surface area contributed by atoms with Crippen LogP contribution in [0, 0.1) is 13.8 Å². The molecule has 0 saturated carbocycles. The molecule has 3 aromatic rings. The van der Waals surface area contributed by atoms with Gasteiger partial charge in [-0.1, -0.05) is 23.7 Å². The van der Waals surface area contributed by atoms with Gasteiger partial charge in [0.1, 0.15) is 5.82 Å². The van der Waals surface area contributed by atoms with E-state index in [1.807, 2.05) is 12.1 Å². The van der Waals surface area contributed by atoms with Crippen LogP contribution in [-0.2, 0) is 6.42 Å². The molecule has 4 heteroatoms. The quantitative estimate of drug-likeness (QED) is 0.616. The second-order valence-corrected chi connectivity index (χ2v) is 6.03. The molecule has 0 N–H and O–H groups in total. The highest BCUT2D eigenvalue weighted by Gasteiger charge is 2.14. The number of imidazole rings is 1. The van der Waals surface area contributed by atoms with Crippen molar-refractivity contribution in [3.8, 4) is 5.69 Å². The van der Waals surface area contributed by atoms with Gasteiger partial charge in [0.2, 0.25) is 0 Å². The first-order valence-corrected chi connectivity index (χ1v) is 7.82. The molecule has 0 saturated heterocycles. The van der Waals surface area contributed by atoms with Crippen LogP contribution in [-0.4, -0.2) is 15.4 Å². The van der Waals surface area contributed by atoms with Gasteiger partial charge in [-0.2, -0.15) is 0 Å². The average Bonchev–Trinajstić information content (AvgIpc) is 2.79. The van der Waals surface area contributed by atoms with Crippen molar-refractivity contribution in [3.63, 3.8) is 0 Å². The molecule has 3 rings (SSSR count). The summed E-state index contributed by atoms with van der Waals surface area (Å²) in [6.45, 7) is 4.13. The number of alkyl halides is 1. The number of aromatic nitrogens is 2. The molecular weight excluding hydrogens is 303 g/mol. The molecule has 0 aliphatic heterocycles. The Balaban J connectivity index is 2.33. The SMILES string of the molecule is Cc1ccc(Cl)c(-n2c(CCCl)nc3cc(C)ccc32)c1. The lowest BCUT2D eigenvalue weighted by atomic mass is 10.2. The van der Waals surface area contributed by atoms with Crippen molar-refractivity contribution in [1.82, 2.24) is 9.55 Å². The maximum Gasteiger partial charge on any atom is 0.115 e. The molecule has 0 fully saturated rings. The number of rotatable bonds is 3. The van der Waals surface area contributed by atoms with Crippen LogP contribution in [0.2, 0.25) is 5.02 Å². The van der Waals surface area contributed by atoms with Crippen LogP contribution in [0.1, 0.15) is 17.0 Å². The highest BCUT2D eigenvalue weighted by atomic mass is 35.5. The zero-order valence-corrected chi connectivity index (χ0v) is 13.5. The van der Waals surface area contributed by atoms with Gasteiger partial charge in [-0.15, -0.1) is 11.6 Å². The van der Waals surface area contributed by atoms with Crippen LogP contribution < -0.4 is 0 Å². The molecule has 0 spiro atoms. The number of fused-ring (bicyclic) bond motifs is 1. The summed E-state index contributed by atoms with van der Waals surface area (Å²) in [5.74, 6) is 1.48. The summed E-state index contributed by atoms with van der Waals surface area (Å²) >= 11 is 12.3. The number of aryl methyl sites for hydroxylation is 3. The van der Waals surface area contributed by atoms with E-state index in [1.54, 1.807) is 0 Å². The molecule has 0 unspecified atom stereocenters.